The van der Waals surface area contributed by atoms with Crippen LogP contribution in [-0.2, 0) is 0 Å². The third kappa shape index (κ3) is 2.08. The van der Waals surface area contributed by atoms with Crippen LogP contribution in [0.15, 0.2) is 30.9 Å². The SMILES string of the molecule is C=CC(C)C(O)c1c(N)cccc1Cl. The number of hydrogen-bond acceptors (Lipinski definition) is 2. The Morgan fingerprint density at radius 1 is 1.57 bits per heavy atom. The number of rotatable bonds is 3. The minimum atomic E-state index is -0.693. The van der Waals surface area contributed by atoms with Gasteiger partial charge in [0.1, 0.15) is 0 Å². The van der Waals surface area contributed by atoms with Crippen molar-refractivity contribution in [3.63, 3.8) is 0 Å². The smallest absolute Gasteiger partial charge is 0.0884 e. The van der Waals surface area contributed by atoms with Crippen LogP contribution in [0.2, 0.25) is 5.02 Å². The number of nitrogens with two attached hydrogens (primary N) is 1. The van der Waals surface area contributed by atoms with E-state index >= 15 is 0 Å². The normalized spacial score (nSPS) is 14.8. The van der Waals surface area contributed by atoms with Gasteiger partial charge in [0, 0.05) is 22.2 Å². The number of benzene rings is 1. The zero-order valence-electron chi connectivity index (χ0n) is 8.07. The van der Waals surface area contributed by atoms with Crippen molar-refractivity contribution in [2.24, 2.45) is 5.92 Å². The fraction of sp³-hybridized carbons (Fsp3) is 0.273. The van der Waals surface area contributed by atoms with Crippen molar-refractivity contribution >= 4 is 17.3 Å². The van der Waals surface area contributed by atoms with Crippen molar-refractivity contribution in [3.05, 3.63) is 41.4 Å². The maximum atomic E-state index is 9.92. The van der Waals surface area contributed by atoms with E-state index in [4.69, 9.17) is 17.3 Å². The second-order valence-electron chi connectivity index (χ2n) is 3.28. The number of aliphatic hydroxyl groups excluding tert-OH is 1. The van der Waals surface area contributed by atoms with Gasteiger partial charge < -0.3 is 10.8 Å². The summed E-state index contributed by atoms with van der Waals surface area (Å²) in [6.45, 7) is 5.48. The van der Waals surface area contributed by atoms with Gasteiger partial charge in [-0.2, -0.15) is 0 Å². The molecule has 0 radical (unpaired) electrons. The van der Waals surface area contributed by atoms with Crippen LogP contribution in [0.3, 0.4) is 0 Å². The van der Waals surface area contributed by atoms with Crippen LogP contribution in [-0.4, -0.2) is 5.11 Å². The number of nitrogen functional groups attached to an aromatic ring is 1. The highest BCUT2D eigenvalue weighted by Crippen LogP contribution is 2.32. The lowest BCUT2D eigenvalue weighted by molar-refractivity contribution is 0.140. The van der Waals surface area contributed by atoms with E-state index in [2.05, 4.69) is 6.58 Å². The van der Waals surface area contributed by atoms with Crippen LogP contribution in [0.1, 0.15) is 18.6 Å². The summed E-state index contributed by atoms with van der Waals surface area (Å²) in [5.41, 5.74) is 6.83. The molecule has 2 nitrogen and oxygen atoms in total. The zero-order valence-corrected chi connectivity index (χ0v) is 8.83. The van der Waals surface area contributed by atoms with E-state index in [9.17, 15) is 5.11 Å². The average molecular weight is 212 g/mol. The van der Waals surface area contributed by atoms with Crippen molar-refractivity contribution in [2.75, 3.05) is 5.73 Å². The van der Waals surface area contributed by atoms with Crippen LogP contribution in [0, 0.1) is 5.92 Å². The molecule has 0 amide bonds. The topological polar surface area (TPSA) is 46.2 Å². The first kappa shape index (κ1) is 11.1. The standard InChI is InChI=1S/C11H14ClNO/c1-3-7(2)11(14)10-8(12)5-4-6-9(10)13/h3-7,11,14H,1,13H2,2H3. The highest BCUT2D eigenvalue weighted by molar-refractivity contribution is 6.31. The largest absolute Gasteiger partial charge is 0.398 e. The zero-order chi connectivity index (χ0) is 10.7. The Kier molecular flexibility index (Phi) is 3.55. The Morgan fingerprint density at radius 3 is 2.71 bits per heavy atom. The summed E-state index contributed by atoms with van der Waals surface area (Å²) < 4.78 is 0. The van der Waals surface area contributed by atoms with Gasteiger partial charge >= 0.3 is 0 Å². The molecule has 0 saturated carbocycles. The number of anilines is 1. The summed E-state index contributed by atoms with van der Waals surface area (Å²) in [6, 6.07) is 5.19. The molecular weight excluding hydrogens is 198 g/mol. The number of hydrogen-bond donors (Lipinski definition) is 2. The first-order chi connectivity index (χ1) is 6.57. The molecule has 1 rings (SSSR count). The molecule has 0 bridgehead atoms. The molecule has 0 heterocycles. The summed E-state index contributed by atoms with van der Waals surface area (Å²) in [6.07, 6.45) is 0.981. The fourth-order valence-electron chi connectivity index (χ4n) is 1.26. The summed E-state index contributed by atoms with van der Waals surface area (Å²) in [7, 11) is 0. The second-order valence-corrected chi connectivity index (χ2v) is 3.69. The third-order valence-electron chi connectivity index (χ3n) is 2.25. The summed E-state index contributed by atoms with van der Waals surface area (Å²) >= 11 is 5.95. The minimum absolute atomic E-state index is 0.0720. The molecule has 3 N–H and O–H groups in total. The van der Waals surface area contributed by atoms with Gasteiger partial charge in [0.05, 0.1) is 6.10 Å². The first-order valence-corrected chi connectivity index (χ1v) is 4.80. The Labute approximate surface area is 89.0 Å². The molecule has 0 aliphatic rings. The van der Waals surface area contributed by atoms with Gasteiger partial charge in [0.15, 0.2) is 0 Å². The van der Waals surface area contributed by atoms with Crippen molar-refractivity contribution < 1.29 is 5.11 Å². The van der Waals surface area contributed by atoms with Crippen LogP contribution in [0.4, 0.5) is 5.69 Å². The predicted octanol–water partition coefficient (Wildman–Crippen LogP) is 2.78. The fourth-order valence-corrected chi connectivity index (χ4v) is 1.55. The van der Waals surface area contributed by atoms with Crippen LogP contribution >= 0.6 is 11.6 Å². The van der Waals surface area contributed by atoms with Crippen molar-refractivity contribution in [1.82, 2.24) is 0 Å². The van der Waals surface area contributed by atoms with Crippen molar-refractivity contribution in [3.8, 4) is 0 Å². The highest BCUT2D eigenvalue weighted by Gasteiger charge is 2.18. The molecule has 76 valence electrons. The molecule has 0 saturated heterocycles. The molecule has 0 fully saturated rings. The predicted molar refractivity (Wildman–Crippen MR) is 60.2 cm³/mol. The summed E-state index contributed by atoms with van der Waals surface area (Å²) in [5, 5.41) is 10.4. The number of halogens is 1. The molecule has 2 atom stereocenters. The van der Waals surface area contributed by atoms with Crippen LogP contribution < -0.4 is 5.73 Å². The lowest BCUT2D eigenvalue weighted by atomic mass is 9.96. The average Bonchev–Trinajstić information content (AvgIpc) is 2.16. The minimum Gasteiger partial charge on any atom is -0.398 e. The Hall–Kier alpha value is -0.990. The number of aliphatic hydroxyl groups is 1. The van der Waals surface area contributed by atoms with E-state index in [1.807, 2.05) is 6.92 Å². The van der Waals surface area contributed by atoms with E-state index in [1.54, 1.807) is 24.3 Å². The van der Waals surface area contributed by atoms with E-state index in [0.717, 1.165) is 0 Å². The summed E-state index contributed by atoms with van der Waals surface area (Å²) in [5.74, 6) is -0.0720. The monoisotopic (exact) mass is 211 g/mol. The van der Waals surface area contributed by atoms with Crippen LogP contribution in [0.5, 0.6) is 0 Å². The van der Waals surface area contributed by atoms with Gasteiger partial charge in [-0.25, -0.2) is 0 Å². The lowest BCUT2D eigenvalue weighted by Gasteiger charge is -2.18. The molecule has 0 aliphatic heterocycles. The van der Waals surface area contributed by atoms with Crippen molar-refractivity contribution in [1.29, 1.82) is 0 Å². The maximum absolute atomic E-state index is 9.92. The Balaban J connectivity index is 3.11. The van der Waals surface area contributed by atoms with Gasteiger partial charge in [0.2, 0.25) is 0 Å². The van der Waals surface area contributed by atoms with Gasteiger partial charge in [-0.3, -0.25) is 0 Å². The van der Waals surface area contributed by atoms with Gasteiger partial charge in [0.25, 0.3) is 0 Å². The first-order valence-electron chi connectivity index (χ1n) is 4.42. The van der Waals surface area contributed by atoms with E-state index in [0.29, 0.717) is 16.3 Å². The van der Waals surface area contributed by atoms with Gasteiger partial charge in [-0.1, -0.05) is 30.7 Å². The molecule has 0 spiro atoms. The molecular formula is C11H14ClNO. The summed E-state index contributed by atoms with van der Waals surface area (Å²) in [4.78, 5) is 0. The molecule has 2 unspecified atom stereocenters. The molecule has 0 aromatic heterocycles. The maximum Gasteiger partial charge on any atom is 0.0884 e. The van der Waals surface area contributed by atoms with Crippen LogP contribution in [0.25, 0.3) is 0 Å². The van der Waals surface area contributed by atoms with E-state index in [-0.39, 0.29) is 5.92 Å². The third-order valence-corrected chi connectivity index (χ3v) is 2.58. The molecule has 14 heavy (non-hydrogen) atoms. The molecule has 1 aromatic carbocycles. The Bertz CT molecular complexity index is 318. The van der Waals surface area contributed by atoms with Gasteiger partial charge in [-0.05, 0) is 12.1 Å². The van der Waals surface area contributed by atoms with E-state index in [1.165, 1.54) is 0 Å². The quantitative estimate of drug-likeness (QED) is 0.597. The second kappa shape index (κ2) is 4.49. The Morgan fingerprint density at radius 2 is 2.21 bits per heavy atom. The highest BCUT2D eigenvalue weighted by atomic mass is 35.5. The van der Waals surface area contributed by atoms with E-state index < -0.39 is 6.10 Å². The lowest BCUT2D eigenvalue weighted by Crippen LogP contribution is -2.09. The van der Waals surface area contributed by atoms with Gasteiger partial charge in [-0.15, -0.1) is 6.58 Å². The molecule has 0 aliphatic carbocycles. The van der Waals surface area contributed by atoms with Crippen molar-refractivity contribution in [2.45, 2.75) is 13.0 Å². The molecule has 1 aromatic rings. The molecule has 3 heteroatoms.